The zero-order valence-electron chi connectivity index (χ0n) is 23.0. The second-order valence-electron chi connectivity index (χ2n) is 11.0. The molecule has 0 spiro atoms. The van der Waals surface area contributed by atoms with Gasteiger partial charge in [0.15, 0.2) is 0 Å². The molecule has 0 radical (unpaired) electrons. The van der Waals surface area contributed by atoms with Gasteiger partial charge in [-0.1, -0.05) is 23.7 Å². The van der Waals surface area contributed by atoms with Gasteiger partial charge in [0.2, 0.25) is 0 Å². The van der Waals surface area contributed by atoms with Crippen LogP contribution in [0.1, 0.15) is 69.8 Å². The minimum absolute atomic E-state index is 0.0247. The lowest BCUT2D eigenvalue weighted by molar-refractivity contribution is -0.0564. The molecule has 0 aromatic heterocycles. The summed E-state index contributed by atoms with van der Waals surface area (Å²) in [6.07, 6.45) is 9.94. The molecule has 210 valence electrons. The van der Waals surface area contributed by atoms with Gasteiger partial charge >= 0.3 is 6.03 Å². The summed E-state index contributed by atoms with van der Waals surface area (Å²) < 4.78 is 10.7. The number of benzene rings is 1. The third kappa shape index (κ3) is 8.82. The zero-order chi connectivity index (χ0) is 26.7. The summed E-state index contributed by atoms with van der Waals surface area (Å²) in [7, 11) is 5.44. The molecule has 1 heterocycles. The Morgan fingerprint density at radius 3 is 2.68 bits per heavy atom. The lowest BCUT2D eigenvalue weighted by Gasteiger charge is -2.43. The van der Waals surface area contributed by atoms with Crippen molar-refractivity contribution in [2.45, 2.75) is 82.0 Å². The SMILES string of the molecule is CNCC(CC1CCC(OC)CC1)NC(=O)N1CCC[C@@H]([C@@](O)(CCCCOC)c2cccc(Cl)c2)C1. The van der Waals surface area contributed by atoms with Crippen LogP contribution in [0.3, 0.4) is 0 Å². The van der Waals surface area contributed by atoms with Crippen LogP contribution in [0.25, 0.3) is 0 Å². The molecule has 1 aliphatic heterocycles. The van der Waals surface area contributed by atoms with Crippen molar-refractivity contribution >= 4 is 17.6 Å². The highest BCUT2D eigenvalue weighted by atomic mass is 35.5. The second kappa shape index (κ2) is 15.3. The number of methoxy groups -OCH3 is 2. The van der Waals surface area contributed by atoms with Crippen LogP contribution in [-0.4, -0.2) is 75.7 Å². The Bertz CT molecular complexity index is 820. The van der Waals surface area contributed by atoms with Crippen LogP contribution in [0, 0.1) is 11.8 Å². The number of rotatable bonds is 13. The topological polar surface area (TPSA) is 83.1 Å². The maximum Gasteiger partial charge on any atom is 0.317 e. The molecule has 1 aromatic rings. The Hall–Kier alpha value is -1.38. The molecule has 1 saturated carbocycles. The van der Waals surface area contributed by atoms with Gasteiger partial charge in [0.05, 0.1) is 11.7 Å². The first-order chi connectivity index (χ1) is 17.9. The van der Waals surface area contributed by atoms with Crippen molar-refractivity contribution in [1.29, 1.82) is 0 Å². The van der Waals surface area contributed by atoms with Crippen molar-refractivity contribution in [2.24, 2.45) is 11.8 Å². The molecule has 3 N–H and O–H groups in total. The Morgan fingerprint density at radius 1 is 1.22 bits per heavy atom. The van der Waals surface area contributed by atoms with Crippen molar-refractivity contribution in [3.05, 3.63) is 34.9 Å². The maximum atomic E-state index is 13.4. The molecule has 2 fully saturated rings. The van der Waals surface area contributed by atoms with Crippen LogP contribution in [0.4, 0.5) is 4.79 Å². The number of nitrogens with one attached hydrogen (secondary N) is 2. The number of carbonyl (C=O) groups is 1. The van der Waals surface area contributed by atoms with Gasteiger partial charge < -0.3 is 30.1 Å². The summed E-state index contributed by atoms with van der Waals surface area (Å²) in [6.45, 7) is 2.66. The lowest BCUT2D eigenvalue weighted by Crippen LogP contribution is -2.54. The zero-order valence-corrected chi connectivity index (χ0v) is 23.8. The Morgan fingerprint density at radius 2 is 2.00 bits per heavy atom. The van der Waals surface area contributed by atoms with Crippen molar-refractivity contribution in [3.63, 3.8) is 0 Å². The minimum atomic E-state index is -1.04. The standard InChI is InChI=1S/C29H48ClN3O4/c1-31-20-26(18-22-11-13-27(37-3)14-12-22)32-28(34)33-16-7-9-24(21-33)29(35,15-4-5-17-36-2)23-8-6-10-25(30)19-23/h6,8,10,19,22,24,26-27,31,35H,4-5,7,9,11-18,20-21H2,1-3H3,(H,32,34)/t22?,24-,26?,27?,29-/m1/s1. The van der Waals surface area contributed by atoms with E-state index >= 15 is 0 Å². The number of hydrogen-bond donors (Lipinski definition) is 3. The third-order valence-corrected chi connectivity index (χ3v) is 8.62. The van der Waals surface area contributed by atoms with Gasteiger partial charge in [-0.15, -0.1) is 0 Å². The van der Waals surface area contributed by atoms with E-state index in [0.29, 0.717) is 43.2 Å². The van der Waals surface area contributed by atoms with E-state index in [2.05, 4.69) is 10.6 Å². The van der Waals surface area contributed by atoms with Gasteiger partial charge in [-0.05, 0) is 94.9 Å². The van der Waals surface area contributed by atoms with Crippen LogP contribution >= 0.6 is 11.6 Å². The molecule has 2 aliphatic rings. The molecule has 0 bridgehead atoms. The van der Waals surface area contributed by atoms with Gasteiger partial charge in [-0.2, -0.15) is 0 Å². The highest BCUT2D eigenvalue weighted by molar-refractivity contribution is 6.30. The smallest absolute Gasteiger partial charge is 0.317 e. The van der Waals surface area contributed by atoms with Gasteiger partial charge in [0.25, 0.3) is 0 Å². The van der Waals surface area contributed by atoms with Gasteiger partial charge in [0.1, 0.15) is 0 Å². The number of urea groups is 1. The summed E-state index contributed by atoms with van der Waals surface area (Å²) >= 11 is 6.32. The van der Waals surface area contributed by atoms with Crippen LogP contribution in [0.15, 0.2) is 24.3 Å². The molecule has 37 heavy (non-hydrogen) atoms. The molecular formula is C29H48ClN3O4. The fourth-order valence-electron chi connectivity index (χ4n) is 6.25. The molecule has 3 atom stereocenters. The van der Waals surface area contributed by atoms with Crippen LogP contribution < -0.4 is 10.6 Å². The first-order valence-corrected chi connectivity index (χ1v) is 14.5. The first-order valence-electron chi connectivity index (χ1n) is 14.1. The number of ether oxygens (including phenoxy) is 2. The fourth-order valence-corrected chi connectivity index (χ4v) is 6.44. The number of likely N-dealkylation sites (N-methyl/N-ethyl adjacent to an activating group) is 1. The molecular weight excluding hydrogens is 490 g/mol. The highest BCUT2D eigenvalue weighted by Gasteiger charge is 2.41. The number of aliphatic hydroxyl groups is 1. The Balaban J connectivity index is 1.65. The average molecular weight is 538 g/mol. The monoisotopic (exact) mass is 537 g/mol. The van der Waals surface area contributed by atoms with Gasteiger partial charge in [-0.25, -0.2) is 4.79 Å². The largest absolute Gasteiger partial charge is 0.385 e. The number of halogens is 1. The summed E-state index contributed by atoms with van der Waals surface area (Å²) in [6, 6.07) is 7.63. The molecule has 1 aromatic carbocycles. The molecule has 1 saturated heterocycles. The maximum absolute atomic E-state index is 13.4. The Labute approximate surface area is 228 Å². The van der Waals surface area contributed by atoms with E-state index in [4.69, 9.17) is 21.1 Å². The first kappa shape index (κ1) is 30.2. The summed E-state index contributed by atoms with van der Waals surface area (Å²) in [5, 5.41) is 19.3. The van der Waals surface area contributed by atoms with Crippen LogP contribution in [0.2, 0.25) is 5.02 Å². The third-order valence-electron chi connectivity index (χ3n) is 8.39. The molecule has 3 rings (SSSR count). The molecule has 7 nitrogen and oxygen atoms in total. The number of unbranched alkanes of at least 4 members (excludes halogenated alkanes) is 1. The average Bonchev–Trinajstić information content (AvgIpc) is 2.91. The van der Waals surface area contributed by atoms with E-state index in [1.807, 2.05) is 36.2 Å². The number of likely N-dealkylation sites (tertiary alicyclic amines) is 1. The quantitative estimate of drug-likeness (QED) is 0.310. The van der Waals surface area contributed by atoms with Gasteiger partial charge in [-0.3, -0.25) is 0 Å². The second-order valence-corrected chi connectivity index (χ2v) is 11.4. The van der Waals surface area contributed by atoms with Crippen molar-refractivity contribution in [2.75, 3.05) is 47.5 Å². The predicted molar refractivity (Wildman–Crippen MR) is 149 cm³/mol. The normalized spacial score (nSPS) is 24.9. The number of hydrogen-bond acceptors (Lipinski definition) is 5. The fraction of sp³-hybridized carbons (Fsp3) is 0.759. The van der Waals surface area contributed by atoms with Gasteiger partial charge in [0, 0.05) is 57.4 Å². The van der Waals surface area contributed by atoms with E-state index in [9.17, 15) is 9.90 Å². The van der Waals surface area contributed by atoms with Crippen molar-refractivity contribution < 1.29 is 19.4 Å². The van der Waals surface area contributed by atoms with Crippen molar-refractivity contribution in [1.82, 2.24) is 15.5 Å². The lowest BCUT2D eigenvalue weighted by atomic mass is 9.74. The van der Waals surface area contributed by atoms with Crippen LogP contribution in [0.5, 0.6) is 0 Å². The van der Waals surface area contributed by atoms with Crippen molar-refractivity contribution in [3.8, 4) is 0 Å². The number of amides is 2. The highest BCUT2D eigenvalue weighted by Crippen LogP contribution is 2.40. The van der Waals surface area contributed by atoms with Crippen LogP contribution in [-0.2, 0) is 15.1 Å². The summed E-state index contributed by atoms with van der Waals surface area (Å²) in [5.74, 6) is 0.555. The van der Waals surface area contributed by atoms with E-state index in [0.717, 1.165) is 69.9 Å². The number of piperidine rings is 1. The molecule has 2 amide bonds. The van der Waals surface area contributed by atoms with E-state index in [1.165, 1.54) is 0 Å². The molecule has 1 aliphatic carbocycles. The number of carbonyl (C=O) groups excluding carboxylic acids is 1. The van der Waals surface area contributed by atoms with E-state index in [-0.39, 0.29) is 18.0 Å². The predicted octanol–water partition coefficient (Wildman–Crippen LogP) is 4.95. The molecule has 1 unspecified atom stereocenters. The minimum Gasteiger partial charge on any atom is -0.385 e. The van der Waals surface area contributed by atoms with E-state index in [1.54, 1.807) is 14.2 Å². The summed E-state index contributed by atoms with van der Waals surface area (Å²) in [5.41, 5.74) is -0.202. The summed E-state index contributed by atoms with van der Waals surface area (Å²) in [4.78, 5) is 15.3. The molecule has 8 heteroatoms. The number of nitrogens with zero attached hydrogens (tertiary/aromatic N) is 1. The Kier molecular flexibility index (Phi) is 12.5. The van der Waals surface area contributed by atoms with E-state index < -0.39 is 5.60 Å².